The van der Waals surface area contributed by atoms with Gasteiger partial charge in [0.1, 0.15) is 11.6 Å². The van der Waals surface area contributed by atoms with Crippen LogP contribution < -0.4 is 10.1 Å². The lowest BCUT2D eigenvalue weighted by Crippen LogP contribution is -2.14. The Hall–Kier alpha value is -3.22. The highest BCUT2D eigenvalue weighted by atomic mass is 19.1. The molecule has 1 heterocycles. The summed E-state index contributed by atoms with van der Waals surface area (Å²) in [5, 5.41) is 10.2. The summed E-state index contributed by atoms with van der Waals surface area (Å²) in [7, 11) is 1.60. The van der Waals surface area contributed by atoms with Gasteiger partial charge in [-0.3, -0.25) is 10.1 Å². The van der Waals surface area contributed by atoms with E-state index in [0.717, 1.165) is 16.9 Å². The molecule has 1 amide bonds. The average molecular weight is 341 g/mol. The first-order valence-electron chi connectivity index (χ1n) is 7.58. The molecule has 128 valence electrons. The minimum absolute atomic E-state index is 0.00504. The van der Waals surface area contributed by atoms with Crippen molar-refractivity contribution in [3.05, 3.63) is 59.4 Å². The maximum atomic E-state index is 12.9. The maximum Gasteiger partial charge on any atom is 0.322 e. The lowest BCUT2D eigenvalue weighted by atomic mass is 10.1. The van der Waals surface area contributed by atoms with Crippen LogP contribution in [0, 0.1) is 12.7 Å². The number of anilines is 1. The van der Waals surface area contributed by atoms with Crippen molar-refractivity contribution in [2.24, 2.45) is 0 Å². The van der Waals surface area contributed by atoms with E-state index in [1.165, 1.54) is 24.3 Å². The van der Waals surface area contributed by atoms with E-state index >= 15 is 0 Å². The number of methoxy groups -OCH3 is 1. The minimum Gasteiger partial charge on any atom is -0.496 e. The number of hydrogen-bond donors (Lipinski definition) is 1. The average Bonchev–Trinajstić information content (AvgIpc) is 3.04. The fourth-order valence-corrected chi connectivity index (χ4v) is 2.38. The van der Waals surface area contributed by atoms with Crippen molar-refractivity contribution < 1.29 is 18.3 Å². The largest absolute Gasteiger partial charge is 0.496 e. The summed E-state index contributed by atoms with van der Waals surface area (Å²) < 4.78 is 23.5. The Morgan fingerprint density at radius 3 is 2.64 bits per heavy atom. The standard InChI is InChI=1S/C18H16FN3O3/c1-11-9-12(3-8-15(11)24-2)10-16(23)20-18-22-21-17(25-18)13-4-6-14(19)7-5-13/h3-9H,10H2,1-2H3,(H,20,22,23). The van der Waals surface area contributed by atoms with Gasteiger partial charge in [-0.05, 0) is 48.4 Å². The monoisotopic (exact) mass is 341 g/mol. The fourth-order valence-electron chi connectivity index (χ4n) is 2.38. The van der Waals surface area contributed by atoms with E-state index in [1.807, 2.05) is 25.1 Å². The van der Waals surface area contributed by atoms with Gasteiger partial charge < -0.3 is 9.15 Å². The van der Waals surface area contributed by atoms with E-state index < -0.39 is 0 Å². The molecular formula is C18H16FN3O3. The number of aryl methyl sites for hydroxylation is 1. The first-order chi connectivity index (χ1) is 12.0. The van der Waals surface area contributed by atoms with E-state index in [4.69, 9.17) is 9.15 Å². The van der Waals surface area contributed by atoms with E-state index in [0.29, 0.717) is 5.56 Å². The van der Waals surface area contributed by atoms with Gasteiger partial charge in [0.15, 0.2) is 0 Å². The number of benzene rings is 2. The number of aromatic nitrogens is 2. The van der Waals surface area contributed by atoms with Crippen LogP contribution in [0.5, 0.6) is 5.75 Å². The van der Waals surface area contributed by atoms with Gasteiger partial charge in [0.05, 0.1) is 13.5 Å². The van der Waals surface area contributed by atoms with Crippen molar-refractivity contribution in [3.8, 4) is 17.2 Å². The SMILES string of the molecule is COc1ccc(CC(=O)Nc2nnc(-c3ccc(F)cc3)o2)cc1C. The van der Waals surface area contributed by atoms with Crippen LogP contribution >= 0.6 is 0 Å². The third-order valence-electron chi connectivity index (χ3n) is 3.59. The molecule has 0 saturated carbocycles. The minimum atomic E-state index is -0.355. The predicted octanol–water partition coefficient (Wildman–Crippen LogP) is 3.37. The third-order valence-corrected chi connectivity index (χ3v) is 3.59. The second-order valence-corrected chi connectivity index (χ2v) is 5.45. The van der Waals surface area contributed by atoms with Crippen molar-refractivity contribution in [1.29, 1.82) is 0 Å². The highest BCUT2D eigenvalue weighted by Crippen LogP contribution is 2.21. The summed E-state index contributed by atoms with van der Waals surface area (Å²) in [6.07, 6.45) is 0.166. The number of hydrogen-bond acceptors (Lipinski definition) is 5. The van der Waals surface area contributed by atoms with Crippen molar-refractivity contribution in [2.75, 3.05) is 12.4 Å². The first-order valence-corrected chi connectivity index (χ1v) is 7.58. The molecule has 3 aromatic rings. The highest BCUT2D eigenvalue weighted by molar-refractivity contribution is 5.90. The van der Waals surface area contributed by atoms with Crippen LogP contribution in [0.1, 0.15) is 11.1 Å². The molecule has 0 spiro atoms. The molecule has 2 aromatic carbocycles. The number of carbonyl (C=O) groups is 1. The highest BCUT2D eigenvalue weighted by Gasteiger charge is 2.12. The Morgan fingerprint density at radius 2 is 1.96 bits per heavy atom. The second-order valence-electron chi connectivity index (χ2n) is 5.45. The van der Waals surface area contributed by atoms with Gasteiger partial charge in [-0.2, -0.15) is 0 Å². The molecular weight excluding hydrogens is 325 g/mol. The first kappa shape index (κ1) is 16.6. The smallest absolute Gasteiger partial charge is 0.322 e. The Labute approximate surface area is 143 Å². The normalized spacial score (nSPS) is 10.5. The molecule has 3 rings (SSSR count). The van der Waals surface area contributed by atoms with E-state index in [9.17, 15) is 9.18 Å². The molecule has 6 nitrogen and oxygen atoms in total. The third kappa shape index (κ3) is 4.00. The van der Waals surface area contributed by atoms with Gasteiger partial charge in [0, 0.05) is 5.56 Å². The maximum absolute atomic E-state index is 12.9. The van der Waals surface area contributed by atoms with Gasteiger partial charge in [0.25, 0.3) is 0 Å². The summed E-state index contributed by atoms with van der Waals surface area (Å²) in [4.78, 5) is 12.1. The van der Waals surface area contributed by atoms with E-state index in [-0.39, 0.29) is 30.1 Å². The van der Waals surface area contributed by atoms with E-state index in [2.05, 4.69) is 15.5 Å². The van der Waals surface area contributed by atoms with Crippen LogP contribution in [0.3, 0.4) is 0 Å². The Kier molecular flexibility index (Phi) is 4.74. The van der Waals surface area contributed by atoms with Crippen molar-refractivity contribution >= 4 is 11.9 Å². The Morgan fingerprint density at radius 1 is 1.20 bits per heavy atom. The van der Waals surface area contributed by atoms with Gasteiger partial charge in [-0.15, -0.1) is 5.10 Å². The molecule has 0 bridgehead atoms. The zero-order valence-electron chi connectivity index (χ0n) is 13.7. The molecule has 0 atom stereocenters. The van der Waals surface area contributed by atoms with Crippen LogP contribution in [0.25, 0.3) is 11.5 Å². The Balaban J connectivity index is 1.65. The Bertz CT molecular complexity index is 891. The van der Waals surface area contributed by atoms with Gasteiger partial charge in [-0.1, -0.05) is 17.2 Å². The van der Waals surface area contributed by atoms with Crippen LogP contribution in [-0.4, -0.2) is 23.2 Å². The van der Waals surface area contributed by atoms with Crippen molar-refractivity contribution in [3.63, 3.8) is 0 Å². The molecule has 0 aliphatic heterocycles. The molecule has 0 aliphatic carbocycles. The van der Waals surface area contributed by atoms with Crippen molar-refractivity contribution in [1.82, 2.24) is 10.2 Å². The summed E-state index contributed by atoms with van der Waals surface area (Å²) in [5.74, 6) is 0.339. The number of nitrogens with one attached hydrogen (secondary N) is 1. The molecule has 0 radical (unpaired) electrons. The van der Waals surface area contributed by atoms with Crippen LogP contribution in [0.15, 0.2) is 46.9 Å². The number of nitrogens with zero attached hydrogens (tertiary/aromatic N) is 2. The quantitative estimate of drug-likeness (QED) is 0.770. The fraction of sp³-hybridized carbons (Fsp3) is 0.167. The summed E-state index contributed by atoms with van der Waals surface area (Å²) in [6.45, 7) is 1.91. The lowest BCUT2D eigenvalue weighted by Gasteiger charge is -2.07. The molecule has 0 unspecified atom stereocenters. The molecule has 7 heteroatoms. The van der Waals surface area contributed by atoms with E-state index in [1.54, 1.807) is 7.11 Å². The lowest BCUT2D eigenvalue weighted by molar-refractivity contribution is -0.115. The van der Waals surface area contributed by atoms with Crippen LogP contribution in [-0.2, 0) is 11.2 Å². The molecule has 1 aromatic heterocycles. The van der Waals surface area contributed by atoms with Crippen molar-refractivity contribution in [2.45, 2.75) is 13.3 Å². The zero-order chi connectivity index (χ0) is 17.8. The molecule has 25 heavy (non-hydrogen) atoms. The van der Waals surface area contributed by atoms with Crippen LogP contribution in [0.4, 0.5) is 10.4 Å². The predicted molar refractivity (Wildman–Crippen MR) is 89.8 cm³/mol. The molecule has 0 aliphatic rings. The number of carbonyl (C=O) groups excluding carboxylic acids is 1. The topological polar surface area (TPSA) is 77.2 Å². The summed E-state index contributed by atoms with van der Waals surface area (Å²) in [5.41, 5.74) is 2.36. The van der Waals surface area contributed by atoms with Gasteiger partial charge >= 0.3 is 6.01 Å². The number of halogens is 1. The second kappa shape index (κ2) is 7.12. The molecule has 0 saturated heterocycles. The number of rotatable bonds is 5. The van der Waals surface area contributed by atoms with Crippen LogP contribution in [0.2, 0.25) is 0 Å². The number of amides is 1. The summed E-state index contributed by atoms with van der Waals surface area (Å²) in [6, 6.07) is 11.2. The van der Waals surface area contributed by atoms with Gasteiger partial charge in [0.2, 0.25) is 11.8 Å². The van der Waals surface area contributed by atoms with Gasteiger partial charge in [-0.25, -0.2) is 4.39 Å². The molecule has 1 N–H and O–H groups in total. The zero-order valence-corrected chi connectivity index (χ0v) is 13.7. The summed E-state index contributed by atoms with van der Waals surface area (Å²) >= 11 is 0. The molecule has 0 fully saturated rings. The number of ether oxygens (including phenoxy) is 1.